The van der Waals surface area contributed by atoms with Crippen molar-refractivity contribution in [3.8, 4) is 0 Å². The second-order valence-electron chi connectivity index (χ2n) is 3.90. The summed E-state index contributed by atoms with van der Waals surface area (Å²) in [6, 6.07) is 2.12. The van der Waals surface area contributed by atoms with Crippen LogP contribution < -0.4 is 4.72 Å². The van der Waals surface area contributed by atoms with Gasteiger partial charge in [-0.1, -0.05) is 11.6 Å². The van der Waals surface area contributed by atoms with Gasteiger partial charge in [-0.25, -0.2) is 8.42 Å². The van der Waals surface area contributed by atoms with Gasteiger partial charge in [0.05, 0.1) is 26.7 Å². The van der Waals surface area contributed by atoms with Gasteiger partial charge >= 0.3 is 0 Å². The summed E-state index contributed by atoms with van der Waals surface area (Å²) in [5.74, 6) is 0. The van der Waals surface area contributed by atoms with E-state index in [4.69, 9.17) is 11.6 Å². The number of rotatable bonds is 4. The second kappa shape index (κ2) is 5.10. The van der Waals surface area contributed by atoms with Crippen molar-refractivity contribution < 1.29 is 13.3 Å². The maximum absolute atomic E-state index is 12.1. The molecule has 0 amide bonds. The molecule has 0 spiro atoms. The summed E-state index contributed by atoms with van der Waals surface area (Å²) in [5, 5.41) is 16.9. The lowest BCUT2D eigenvalue weighted by atomic mass is 10.2. The molecule has 0 aliphatic carbocycles. The Labute approximate surface area is 119 Å². The van der Waals surface area contributed by atoms with E-state index >= 15 is 0 Å². The molecular formula is C10H9ClN4O4S. The van der Waals surface area contributed by atoms with E-state index in [1.165, 1.54) is 19.3 Å². The van der Waals surface area contributed by atoms with Gasteiger partial charge in [0.25, 0.3) is 15.7 Å². The molecule has 1 aromatic carbocycles. The Morgan fingerprint density at radius 2 is 2.15 bits per heavy atom. The molecule has 0 saturated carbocycles. The zero-order valence-corrected chi connectivity index (χ0v) is 11.7. The number of nitro benzene ring substituents is 1. The number of sulfonamides is 1. The molecule has 0 atom stereocenters. The van der Waals surface area contributed by atoms with E-state index in [0.29, 0.717) is 0 Å². The molecule has 2 N–H and O–H groups in total. The molecule has 0 aliphatic rings. The van der Waals surface area contributed by atoms with Crippen molar-refractivity contribution in [3.63, 3.8) is 0 Å². The fraction of sp³-hybridized carbons (Fsp3) is 0.100. The number of nitro groups is 1. The normalized spacial score (nSPS) is 11.3. The largest absolute Gasteiger partial charge is 0.284 e. The van der Waals surface area contributed by atoms with Crippen LogP contribution in [0.3, 0.4) is 0 Å². The minimum atomic E-state index is -3.98. The first-order chi connectivity index (χ1) is 9.31. The maximum atomic E-state index is 12.1. The third-order valence-electron chi connectivity index (χ3n) is 2.55. The summed E-state index contributed by atoms with van der Waals surface area (Å²) in [6.07, 6.45) is 2.60. The lowest BCUT2D eigenvalue weighted by molar-refractivity contribution is -0.385. The molecule has 0 radical (unpaired) electrons. The lowest BCUT2D eigenvalue weighted by Gasteiger charge is -2.08. The van der Waals surface area contributed by atoms with Crippen LogP contribution in [0.15, 0.2) is 29.4 Å². The first-order valence-electron chi connectivity index (χ1n) is 5.27. The second-order valence-corrected chi connectivity index (χ2v) is 5.99. The van der Waals surface area contributed by atoms with Crippen LogP contribution in [0.5, 0.6) is 0 Å². The lowest BCUT2D eigenvalue weighted by Crippen LogP contribution is -2.13. The number of H-pyrrole nitrogens is 1. The third kappa shape index (κ3) is 2.73. The highest BCUT2D eigenvalue weighted by molar-refractivity contribution is 7.92. The standard InChI is InChI=1S/C10H9ClN4O4S/c1-6-9(11)2-8(3-10(6)15(16)17)20(18,19)14-7-4-12-13-5-7/h2-5,14H,1H3,(H,12,13). The van der Waals surface area contributed by atoms with Gasteiger partial charge in [0.1, 0.15) is 0 Å². The van der Waals surface area contributed by atoms with Crippen molar-refractivity contribution in [2.24, 2.45) is 0 Å². The quantitative estimate of drug-likeness (QED) is 0.661. The van der Waals surface area contributed by atoms with E-state index in [-0.39, 0.29) is 26.9 Å². The van der Waals surface area contributed by atoms with Crippen LogP contribution in [0.1, 0.15) is 5.56 Å². The van der Waals surface area contributed by atoms with Crippen molar-refractivity contribution >= 4 is 33.0 Å². The fourth-order valence-corrected chi connectivity index (χ4v) is 2.86. The van der Waals surface area contributed by atoms with Gasteiger partial charge in [-0.3, -0.25) is 19.9 Å². The molecule has 1 heterocycles. The van der Waals surface area contributed by atoms with Gasteiger partial charge in [0, 0.05) is 17.8 Å². The molecule has 0 unspecified atom stereocenters. The summed E-state index contributed by atoms with van der Waals surface area (Å²) in [7, 11) is -3.98. The Bertz CT molecular complexity index is 758. The molecular weight excluding hydrogens is 308 g/mol. The van der Waals surface area contributed by atoms with Crippen LogP contribution in [0.25, 0.3) is 0 Å². The van der Waals surface area contributed by atoms with E-state index in [1.54, 1.807) is 0 Å². The van der Waals surface area contributed by atoms with Crippen LogP contribution in [-0.2, 0) is 10.0 Å². The average molecular weight is 317 g/mol. The third-order valence-corrected chi connectivity index (χ3v) is 4.30. The number of nitrogens with one attached hydrogen (secondary N) is 2. The number of hydrogen-bond donors (Lipinski definition) is 2. The maximum Gasteiger partial charge on any atom is 0.275 e. The van der Waals surface area contributed by atoms with Gasteiger partial charge in [0.2, 0.25) is 0 Å². The molecule has 2 rings (SSSR count). The Kier molecular flexibility index (Phi) is 3.64. The van der Waals surface area contributed by atoms with Crippen molar-refractivity contribution in [1.82, 2.24) is 10.2 Å². The summed E-state index contributed by atoms with van der Waals surface area (Å²) in [6.45, 7) is 1.44. The predicted molar refractivity (Wildman–Crippen MR) is 72.2 cm³/mol. The van der Waals surface area contributed by atoms with E-state index in [0.717, 1.165) is 12.1 Å². The molecule has 1 aromatic heterocycles. The zero-order chi connectivity index (χ0) is 14.9. The van der Waals surface area contributed by atoms with Crippen molar-refractivity contribution in [2.75, 3.05) is 4.72 Å². The summed E-state index contributed by atoms with van der Waals surface area (Å²) >= 11 is 5.84. The zero-order valence-electron chi connectivity index (χ0n) is 10.1. The Hall–Kier alpha value is -2.13. The van der Waals surface area contributed by atoms with E-state index in [2.05, 4.69) is 14.9 Å². The van der Waals surface area contributed by atoms with E-state index in [9.17, 15) is 18.5 Å². The fourth-order valence-electron chi connectivity index (χ4n) is 1.51. The number of aromatic amines is 1. The van der Waals surface area contributed by atoms with Crippen LogP contribution >= 0.6 is 11.6 Å². The Morgan fingerprint density at radius 3 is 2.70 bits per heavy atom. The predicted octanol–water partition coefficient (Wildman–Crippen LogP) is 2.08. The molecule has 2 aromatic rings. The molecule has 0 aliphatic heterocycles. The highest BCUT2D eigenvalue weighted by atomic mass is 35.5. The SMILES string of the molecule is Cc1c(Cl)cc(S(=O)(=O)Nc2cn[nH]c2)cc1[N+](=O)[O-]. The van der Waals surface area contributed by atoms with Crippen LogP contribution in [0, 0.1) is 17.0 Å². The minimum Gasteiger partial charge on any atom is -0.284 e. The number of hydrogen-bond acceptors (Lipinski definition) is 5. The molecule has 0 bridgehead atoms. The van der Waals surface area contributed by atoms with Crippen LogP contribution in [-0.4, -0.2) is 23.5 Å². The van der Waals surface area contributed by atoms with Crippen molar-refractivity contribution in [1.29, 1.82) is 0 Å². The molecule has 20 heavy (non-hydrogen) atoms. The Morgan fingerprint density at radius 1 is 1.45 bits per heavy atom. The molecule has 10 heteroatoms. The van der Waals surface area contributed by atoms with Crippen molar-refractivity contribution in [3.05, 3.63) is 45.2 Å². The topological polar surface area (TPSA) is 118 Å². The van der Waals surface area contributed by atoms with Gasteiger partial charge in [-0.2, -0.15) is 5.10 Å². The summed E-state index contributed by atoms with van der Waals surface area (Å²) in [4.78, 5) is 9.91. The first kappa shape index (κ1) is 14.3. The van der Waals surface area contributed by atoms with Gasteiger partial charge in [-0.05, 0) is 13.0 Å². The summed E-state index contributed by atoms with van der Waals surface area (Å²) < 4.78 is 26.4. The monoisotopic (exact) mass is 316 g/mol. The number of halogens is 1. The van der Waals surface area contributed by atoms with E-state index in [1.807, 2.05) is 0 Å². The molecule has 0 saturated heterocycles. The van der Waals surface area contributed by atoms with Gasteiger partial charge in [0.15, 0.2) is 0 Å². The molecule has 0 fully saturated rings. The molecule has 106 valence electrons. The number of anilines is 1. The van der Waals surface area contributed by atoms with Gasteiger partial charge < -0.3 is 0 Å². The molecule has 8 nitrogen and oxygen atoms in total. The number of nitrogens with zero attached hydrogens (tertiary/aromatic N) is 2. The minimum absolute atomic E-state index is 0.00627. The number of benzene rings is 1. The van der Waals surface area contributed by atoms with Gasteiger partial charge in [-0.15, -0.1) is 0 Å². The smallest absolute Gasteiger partial charge is 0.275 e. The highest BCUT2D eigenvalue weighted by Crippen LogP contribution is 2.30. The van der Waals surface area contributed by atoms with Crippen molar-refractivity contribution in [2.45, 2.75) is 11.8 Å². The highest BCUT2D eigenvalue weighted by Gasteiger charge is 2.22. The number of aromatic nitrogens is 2. The summed E-state index contributed by atoms with van der Waals surface area (Å²) in [5.41, 5.74) is 0.0633. The van der Waals surface area contributed by atoms with Crippen LogP contribution in [0.4, 0.5) is 11.4 Å². The van der Waals surface area contributed by atoms with E-state index < -0.39 is 14.9 Å². The first-order valence-corrected chi connectivity index (χ1v) is 7.13. The average Bonchev–Trinajstić information content (AvgIpc) is 2.83. The van der Waals surface area contributed by atoms with Crippen LogP contribution in [0.2, 0.25) is 5.02 Å². The Balaban J connectivity index is 2.49.